The summed E-state index contributed by atoms with van der Waals surface area (Å²) >= 11 is 0. The molecule has 1 aliphatic heterocycles. The monoisotopic (exact) mass is 243 g/mol. The Kier molecular flexibility index (Phi) is 3.52. The number of anilines is 1. The van der Waals surface area contributed by atoms with Crippen molar-refractivity contribution in [3.8, 4) is 6.07 Å². The molecule has 0 saturated carbocycles. The van der Waals surface area contributed by atoms with Crippen LogP contribution in [-0.4, -0.2) is 19.0 Å². The van der Waals surface area contributed by atoms with Crippen LogP contribution < -0.4 is 10.6 Å². The summed E-state index contributed by atoms with van der Waals surface area (Å²) in [7, 11) is 0. The predicted octanol–water partition coefficient (Wildman–Crippen LogP) is 1.57. The second kappa shape index (κ2) is 5.09. The van der Waals surface area contributed by atoms with E-state index >= 15 is 0 Å². The van der Waals surface area contributed by atoms with Gasteiger partial charge in [0.05, 0.1) is 11.6 Å². The number of aryl methyl sites for hydroxylation is 1. The predicted molar refractivity (Wildman–Crippen MR) is 70.0 cm³/mol. The van der Waals surface area contributed by atoms with Crippen molar-refractivity contribution in [2.24, 2.45) is 11.7 Å². The van der Waals surface area contributed by atoms with Gasteiger partial charge in [-0.25, -0.2) is 0 Å². The van der Waals surface area contributed by atoms with Crippen molar-refractivity contribution in [1.29, 1.82) is 5.26 Å². The maximum atomic E-state index is 11.1. The number of amides is 1. The molecule has 0 bridgehead atoms. The van der Waals surface area contributed by atoms with E-state index < -0.39 is 0 Å². The van der Waals surface area contributed by atoms with Gasteiger partial charge in [0.2, 0.25) is 5.91 Å². The Balaban J connectivity index is 2.08. The third-order valence-corrected chi connectivity index (χ3v) is 3.59. The molecular formula is C14H17N3O. The van der Waals surface area contributed by atoms with E-state index in [0.717, 1.165) is 37.2 Å². The number of nitriles is 1. The fourth-order valence-corrected chi connectivity index (χ4v) is 2.39. The van der Waals surface area contributed by atoms with E-state index in [-0.39, 0.29) is 11.8 Å². The molecule has 1 saturated heterocycles. The number of hydrogen-bond donors (Lipinski definition) is 1. The summed E-state index contributed by atoms with van der Waals surface area (Å²) in [6.45, 7) is 3.64. The van der Waals surface area contributed by atoms with Gasteiger partial charge in [-0.15, -0.1) is 0 Å². The molecule has 0 aromatic heterocycles. The Morgan fingerprint density at radius 2 is 2.11 bits per heavy atom. The molecule has 1 aromatic rings. The summed E-state index contributed by atoms with van der Waals surface area (Å²) in [5, 5.41) is 8.90. The summed E-state index contributed by atoms with van der Waals surface area (Å²) in [6.07, 6.45) is 1.63. The quantitative estimate of drug-likeness (QED) is 0.857. The summed E-state index contributed by atoms with van der Waals surface area (Å²) in [5.41, 5.74) is 8.15. The molecule has 1 aromatic carbocycles. The second-order valence-electron chi connectivity index (χ2n) is 4.77. The standard InChI is InChI=1S/C14H17N3O/c1-10-8-13(3-2-12(10)9-15)17-6-4-11(5-7-17)14(16)18/h2-3,8,11H,4-7H2,1H3,(H2,16,18). The first kappa shape index (κ1) is 12.4. The SMILES string of the molecule is Cc1cc(N2CCC(C(N)=O)CC2)ccc1C#N. The number of nitrogens with two attached hydrogens (primary N) is 1. The van der Waals surface area contributed by atoms with Crippen LogP contribution in [0.15, 0.2) is 18.2 Å². The van der Waals surface area contributed by atoms with Gasteiger partial charge in [0.1, 0.15) is 0 Å². The Morgan fingerprint density at radius 3 is 2.61 bits per heavy atom. The molecule has 0 spiro atoms. The third kappa shape index (κ3) is 2.45. The lowest BCUT2D eigenvalue weighted by Gasteiger charge is -2.32. The maximum Gasteiger partial charge on any atom is 0.220 e. The highest BCUT2D eigenvalue weighted by molar-refractivity contribution is 5.77. The molecule has 4 nitrogen and oxygen atoms in total. The van der Waals surface area contributed by atoms with Gasteiger partial charge in [-0.3, -0.25) is 4.79 Å². The highest BCUT2D eigenvalue weighted by atomic mass is 16.1. The van der Waals surface area contributed by atoms with Gasteiger partial charge in [0.15, 0.2) is 0 Å². The average Bonchev–Trinajstić information content (AvgIpc) is 2.38. The molecule has 0 atom stereocenters. The fraction of sp³-hybridized carbons (Fsp3) is 0.429. The topological polar surface area (TPSA) is 70.1 Å². The summed E-state index contributed by atoms with van der Waals surface area (Å²) in [5.74, 6) is -0.175. The van der Waals surface area contributed by atoms with Crippen LogP contribution >= 0.6 is 0 Å². The molecule has 0 radical (unpaired) electrons. The minimum absolute atomic E-state index is 0.0146. The zero-order chi connectivity index (χ0) is 13.1. The molecule has 2 rings (SSSR count). The third-order valence-electron chi connectivity index (χ3n) is 3.59. The average molecular weight is 243 g/mol. The molecule has 2 N–H and O–H groups in total. The van der Waals surface area contributed by atoms with Crippen LogP contribution in [0.4, 0.5) is 5.69 Å². The van der Waals surface area contributed by atoms with E-state index in [4.69, 9.17) is 11.0 Å². The zero-order valence-corrected chi connectivity index (χ0v) is 10.5. The summed E-state index contributed by atoms with van der Waals surface area (Å²) in [4.78, 5) is 13.3. The van der Waals surface area contributed by atoms with Crippen LogP contribution in [0.1, 0.15) is 24.0 Å². The molecule has 0 unspecified atom stereocenters. The fourth-order valence-electron chi connectivity index (χ4n) is 2.39. The first-order valence-corrected chi connectivity index (χ1v) is 6.17. The Bertz CT molecular complexity index is 496. The van der Waals surface area contributed by atoms with Gasteiger partial charge in [0.25, 0.3) is 0 Å². The number of rotatable bonds is 2. The number of nitrogens with zero attached hydrogens (tertiary/aromatic N) is 2. The van der Waals surface area contributed by atoms with E-state index in [1.807, 2.05) is 25.1 Å². The molecule has 1 heterocycles. The summed E-state index contributed by atoms with van der Waals surface area (Å²) in [6, 6.07) is 8.02. The van der Waals surface area contributed by atoms with Crippen LogP contribution in [0.3, 0.4) is 0 Å². The van der Waals surface area contributed by atoms with Crippen molar-refractivity contribution < 1.29 is 4.79 Å². The second-order valence-corrected chi connectivity index (χ2v) is 4.77. The van der Waals surface area contributed by atoms with Gasteiger partial charge in [-0.1, -0.05) is 0 Å². The molecule has 0 aliphatic carbocycles. The van der Waals surface area contributed by atoms with Crippen molar-refractivity contribution in [2.75, 3.05) is 18.0 Å². The van der Waals surface area contributed by atoms with Gasteiger partial charge in [0, 0.05) is 24.7 Å². The smallest absolute Gasteiger partial charge is 0.220 e. The number of hydrogen-bond acceptors (Lipinski definition) is 3. The normalized spacial score (nSPS) is 16.3. The van der Waals surface area contributed by atoms with Gasteiger partial charge < -0.3 is 10.6 Å². The van der Waals surface area contributed by atoms with Crippen LogP contribution in [0.25, 0.3) is 0 Å². The molecule has 4 heteroatoms. The van der Waals surface area contributed by atoms with E-state index in [1.54, 1.807) is 0 Å². The highest BCUT2D eigenvalue weighted by Crippen LogP contribution is 2.24. The largest absolute Gasteiger partial charge is 0.371 e. The van der Waals surface area contributed by atoms with Gasteiger partial charge >= 0.3 is 0 Å². The lowest BCUT2D eigenvalue weighted by atomic mass is 9.95. The number of primary amides is 1. The molecule has 94 valence electrons. The van der Waals surface area contributed by atoms with Crippen LogP contribution in [0.2, 0.25) is 0 Å². The maximum absolute atomic E-state index is 11.1. The lowest BCUT2D eigenvalue weighted by molar-refractivity contribution is -0.122. The molecule has 1 aliphatic rings. The van der Waals surface area contributed by atoms with Crippen LogP contribution in [0.5, 0.6) is 0 Å². The zero-order valence-electron chi connectivity index (χ0n) is 10.5. The first-order valence-electron chi connectivity index (χ1n) is 6.17. The highest BCUT2D eigenvalue weighted by Gasteiger charge is 2.23. The summed E-state index contributed by atoms with van der Waals surface area (Å²) < 4.78 is 0. The van der Waals surface area contributed by atoms with E-state index in [0.29, 0.717) is 5.56 Å². The van der Waals surface area contributed by atoms with E-state index in [1.165, 1.54) is 0 Å². The Hall–Kier alpha value is -2.02. The van der Waals surface area contributed by atoms with Crippen molar-refractivity contribution in [3.63, 3.8) is 0 Å². The van der Waals surface area contributed by atoms with Crippen molar-refractivity contribution >= 4 is 11.6 Å². The number of carbonyl (C=O) groups excluding carboxylic acids is 1. The van der Waals surface area contributed by atoms with E-state index in [2.05, 4.69) is 11.0 Å². The minimum atomic E-state index is -0.189. The first-order chi connectivity index (χ1) is 8.61. The van der Waals surface area contributed by atoms with Gasteiger partial charge in [-0.05, 0) is 43.5 Å². The molecule has 1 fully saturated rings. The Labute approximate surface area is 107 Å². The molecular weight excluding hydrogens is 226 g/mol. The van der Waals surface area contributed by atoms with E-state index in [9.17, 15) is 4.79 Å². The van der Waals surface area contributed by atoms with Crippen molar-refractivity contribution in [3.05, 3.63) is 29.3 Å². The number of carbonyl (C=O) groups is 1. The van der Waals surface area contributed by atoms with Gasteiger partial charge in [-0.2, -0.15) is 5.26 Å². The van der Waals surface area contributed by atoms with Crippen LogP contribution in [-0.2, 0) is 4.79 Å². The number of piperidine rings is 1. The van der Waals surface area contributed by atoms with Crippen molar-refractivity contribution in [1.82, 2.24) is 0 Å². The Morgan fingerprint density at radius 1 is 1.44 bits per heavy atom. The molecule has 1 amide bonds. The van der Waals surface area contributed by atoms with Crippen LogP contribution in [0, 0.1) is 24.2 Å². The minimum Gasteiger partial charge on any atom is -0.371 e. The number of benzene rings is 1. The molecule has 18 heavy (non-hydrogen) atoms. The van der Waals surface area contributed by atoms with Crippen molar-refractivity contribution in [2.45, 2.75) is 19.8 Å². The lowest BCUT2D eigenvalue weighted by Crippen LogP contribution is -2.38.